The van der Waals surface area contributed by atoms with Crippen LogP contribution in [0.1, 0.15) is 42.9 Å². The van der Waals surface area contributed by atoms with Crippen molar-refractivity contribution in [2.45, 2.75) is 39.2 Å². The third-order valence-electron chi connectivity index (χ3n) is 3.40. The molecule has 1 saturated heterocycles. The molecule has 4 N–H and O–H groups in total. The Bertz CT molecular complexity index is 437. The lowest BCUT2D eigenvalue weighted by atomic mass is 10.0. The maximum atomic E-state index is 11.2. The average Bonchev–Trinajstić information content (AvgIpc) is 2.55. The summed E-state index contributed by atoms with van der Waals surface area (Å²) in [5, 5.41) is 6.38. The minimum atomic E-state index is -0.565. The normalized spacial score (nSPS) is 19.2. The first-order valence-electron chi connectivity index (χ1n) is 6.04. The Labute approximate surface area is 101 Å². The van der Waals surface area contributed by atoms with Crippen LogP contribution in [0.15, 0.2) is 0 Å². The van der Waals surface area contributed by atoms with Crippen LogP contribution in [0, 0.1) is 0 Å². The van der Waals surface area contributed by atoms with Crippen LogP contribution in [0.3, 0.4) is 0 Å². The average molecular weight is 237 g/mol. The maximum Gasteiger partial charge on any atom is 0.271 e. The highest BCUT2D eigenvalue weighted by Crippen LogP contribution is 2.24. The number of primary amides is 1. The number of nitrogen functional groups attached to an aromatic ring is 1. The van der Waals surface area contributed by atoms with Crippen LogP contribution in [0.4, 0.5) is 5.69 Å². The summed E-state index contributed by atoms with van der Waals surface area (Å²) in [6, 6.07) is 0.486. The second kappa shape index (κ2) is 4.27. The van der Waals surface area contributed by atoms with Crippen molar-refractivity contribution in [1.29, 1.82) is 0 Å². The molecule has 0 saturated carbocycles. The van der Waals surface area contributed by atoms with Crippen molar-refractivity contribution in [1.82, 2.24) is 9.89 Å². The number of hydrogen-bond donors (Lipinski definition) is 2. The molecule has 6 nitrogen and oxygen atoms in total. The summed E-state index contributed by atoms with van der Waals surface area (Å²) >= 11 is 0. The van der Waals surface area contributed by atoms with Crippen molar-refractivity contribution in [3.05, 3.63) is 11.4 Å². The fourth-order valence-electron chi connectivity index (χ4n) is 2.27. The van der Waals surface area contributed by atoms with E-state index in [0.717, 1.165) is 31.5 Å². The molecule has 2 rings (SSSR count). The minimum absolute atomic E-state index is 0.184. The molecule has 1 amide bonds. The van der Waals surface area contributed by atoms with Gasteiger partial charge < -0.3 is 11.5 Å². The molecule has 1 aromatic rings. The topological polar surface area (TPSA) is 90.2 Å². The molecule has 0 radical (unpaired) electrons. The summed E-state index contributed by atoms with van der Waals surface area (Å²) in [5.41, 5.74) is 12.6. The van der Waals surface area contributed by atoms with Gasteiger partial charge in [0, 0.05) is 12.6 Å². The van der Waals surface area contributed by atoms with E-state index in [0.29, 0.717) is 11.7 Å². The maximum absolute atomic E-state index is 11.2. The first-order valence-corrected chi connectivity index (χ1v) is 6.04. The van der Waals surface area contributed by atoms with Gasteiger partial charge in [-0.25, -0.2) is 0 Å². The third kappa shape index (κ3) is 1.73. The largest absolute Gasteiger partial charge is 0.395 e. The van der Waals surface area contributed by atoms with Gasteiger partial charge in [-0.2, -0.15) is 4.79 Å². The van der Waals surface area contributed by atoms with E-state index in [1.165, 1.54) is 0 Å². The minimum Gasteiger partial charge on any atom is -0.395 e. The van der Waals surface area contributed by atoms with Crippen LogP contribution in [-0.4, -0.2) is 28.4 Å². The number of hydrogen-bond acceptors (Lipinski definition) is 4. The summed E-state index contributed by atoms with van der Waals surface area (Å²) in [7, 11) is 0. The van der Waals surface area contributed by atoms with Crippen molar-refractivity contribution in [2.75, 3.05) is 17.3 Å². The molecule has 0 bridgehead atoms. The molecule has 6 heteroatoms. The predicted molar refractivity (Wildman–Crippen MR) is 66.3 cm³/mol. The zero-order valence-electron chi connectivity index (χ0n) is 10.3. The number of anilines is 1. The molecule has 0 aromatic carbocycles. The first kappa shape index (κ1) is 11.8. The zero-order chi connectivity index (χ0) is 12.6. The van der Waals surface area contributed by atoms with Gasteiger partial charge in [0.25, 0.3) is 5.91 Å². The Hall–Kier alpha value is -1.72. The Balaban J connectivity index is 2.39. The van der Waals surface area contributed by atoms with Gasteiger partial charge in [0.15, 0.2) is 5.69 Å². The molecule has 1 aromatic heterocycles. The lowest BCUT2D eigenvalue weighted by Crippen LogP contribution is -2.55. The summed E-state index contributed by atoms with van der Waals surface area (Å²) < 4.78 is 0. The van der Waals surface area contributed by atoms with Crippen LogP contribution < -0.4 is 16.5 Å². The molecule has 2 heterocycles. The lowest BCUT2D eigenvalue weighted by molar-refractivity contribution is 0.0995. The summed E-state index contributed by atoms with van der Waals surface area (Å²) in [6.45, 7) is 5.09. The second-order valence-corrected chi connectivity index (χ2v) is 4.33. The molecule has 1 aliphatic heterocycles. The standard InChI is InChI=1S/C11H19N5O/c1-3-7-5-6-15(7)16-8(4-2)9(12)10(14-16)11(13)17/h7H,3-6,12H2,1-2H3,(H2,13,17). The van der Waals surface area contributed by atoms with E-state index in [1.54, 1.807) is 4.79 Å². The highest BCUT2D eigenvalue weighted by molar-refractivity contribution is 5.96. The Morgan fingerprint density at radius 3 is 2.65 bits per heavy atom. The van der Waals surface area contributed by atoms with E-state index < -0.39 is 5.91 Å². The van der Waals surface area contributed by atoms with Gasteiger partial charge >= 0.3 is 0 Å². The SMILES string of the molecule is CCc1c(N)c(C(N)=O)nn1N1CCC1CC. The molecular weight excluding hydrogens is 218 g/mol. The number of carbonyl (C=O) groups is 1. The van der Waals surface area contributed by atoms with Gasteiger partial charge in [0.2, 0.25) is 0 Å². The van der Waals surface area contributed by atoms with Gasteiger partial charge in [-0.05, 0) is 19.3 Å². The summed E-state index contributed by atoms with van der Waals surface area (Å²) in [5.74, 6) is -0.565. The van der Waals surface area contributed by atoms with Crippen LogP contribution >= 0.6 is 0 Å². The summed E-state index contributed by atoms with van der Waals surface area (Å²) in [4.78, 5) is 13.0. The first-order chi connectivity index (χ1) is 8.10. The number of rotatable bonds is 4. The number of nitrogens with two attached hydrogens (primary N) is 2. The van der Waals surface area contributed by atoms with Crippen molar-refractivity contribution < 1.29 is 4.79 Å². The quantitative estimate of drug-likeness (QED) is 0.785. The van der Waals surface area contributed by atoms with E-state index >= 15 is 0 Å². The fraction of sp³-hybridized carbons (Fsp3) is 0.636. The summed E-state index contributed by atoms with van der Waals surface area (Å²) in [6.07, 6.45) is 2.96. The molecule has 1 fully saturated rings. The van der Waals surface area contributed by atoms with Crippen LogP contribution in [-0.2, 0) is 6.42 Å². The molecule has 94 valence electrons. The number of nitrogens with zero attached hydrogens (tertiary/aromatic N) is 3. The van der Waals surface area contributed by atoms with Crippen molar-refractivity contribution in [2.24, 2.45) is 5.73 Å². The van der Waals surface area contributed by atoms with Crippen LogP contribution in [0.5, 0.6) is 0 Å². The molecule has 1 atom stereocenters. The van der Waals surface area contributed by atoms with Crippen molar-refractivity contribution in [3.8, 4) is 0 Å². The Kier molecular flexibility index (Phi) is 2.95. The Morgan fingerprint density at radius 1 is 1.53 bits per heavy atom. The number of aromatic nitrogens is 2. The van der Waals surface area contributed by atoms with E-state index in [1.807, 2.05) is 6.92 Å². The number of amides is 1. The Morgan fingerprint density at radius 2 is 2.24 bits per heavy atom. The van der Waals surface area contributed by atoms with Gasteiger partial charge in [-0.1, -0.05) is 13.8 Å². The molecule has 17 heavy (non-hydrogen) atoms. The highest BCUT2D eigenvalue weighted by Gasteiger charge is 2.30. The van der Waals surface area contributed by atoms with E-state index in [9.17, 15) is 4.79 Å². The molecule has 1 unspecified atom stereocenters. The second-order valence-electron chi connectivity index (χ2n) is 4.33. The van der Waals surface area contributed by atoms with Gasteiger partial charge in [0.05, 0.1) is 11.4 Å². The lowest BCUT2D eigenvalue weighted by Gasteiger charge is -2.42. The van der Waals surface area contributed by atoms with Crippen molar-refractivity contribution in [3.63, 3.8) is 0 Å². The predicted octanol–water partition coefficient (Wildman–Crippen LogP) is 0.247. The smallest absolute Gasteiger partial charge is 0.271 e. The molecular formula is C11H19N5O. The van der Waals surface area contributed by atoms with E-state index in [4.69, 9.17) is 11.5 Å². The molecule has 0 aliphatic carbocycles. The highest BCUT2D eigenvalue weighted by atomic mass is 16.1. The van der Waals surface area contributed by atoms with Gasteiger partial charge in [0.1, 0.15) is 0 Å². The molecule has 1 aliphatic rings. The van der Waals surface area contributed by atoms with Crippen LogP contribution in [0.2, 0.25) is 0 Å². The van der Waals surface area contributed by atoms with Gasteiger partial charge in [-0.3, -0.25) is 9.80 Å². The van der Waals surface area contributed by atoms with Gasteiger partial charge in [-0.15, -0.1) is 5.10 Å². The van der Waals surface area contributed by atoms with Crippen molar-refractivity contribution >= 4 is 11.6 Å². The zero-order valence-corrected chi connectivity index (χ0v) is 10.3. The number of carbonyl (C=O) groups excluding carboxylic acids is 1. The van der Waals surface area contributed by atoms with E-state index in [2.05, 4.69) is 17.0 Å². The fourth-order valence-corrected chi connectivity index (χ4v) is 2.27. The van der Waals surface area contributed by atoms with Crippen LogP contribution in [0.25, 0.3) is 0 Å². The molecule has 0 spiro atoms. The van der Waals surface area contributed by atoms with E-state index in [-0.39, 0.29) is 5.69 Å². The monoisotopic (exact) mass is 237 g/mol. The third-order valence-corrected chi connectivity index (χ3v) is 3.40.